The Kier molecular flexibility index (Phi) is 6.04. The highest BCUT2D eigenvalue weighted by Gasteiger charge is 2.19. The third kappa shape index (κ3) is 4.53. The maximum absolute atomic E-state index is 12.3. The van der Waals surface area contributed by atoms with Gasteiger partial charge in [0, 0.05) is 22.7 Å². The van der Waals surface area contributed by atoms with Crippen LogP contribution >= 0.6 is 23.2 Å². The van der Waals surface area contributed by atoms with Crippen LogP contribution in [0.3, 0.4) is 0 Å². The number of H-pyrrole nitrogens is 1. The molecule has 0 unspecified atom stereocenters. The molecule has 0 saturated carbocycles. The molecule has 0 bridgehead atoms. The Balaban J connectivity index is 1.57. The highest BCUT2D eigenvalue weighted by atomic mass is 35.5. The summed E-state index contributed by atoms with van der Waals surface area (Å²) >= 11 is 11.6. The average Bonchev–Trinajstić information content (AvgIpc) is 3.11. The number of nitrogens with one attached hydrogen (secondary N) is 2. The molecule has 0 atom stereocenters. The Morgan fingerprint density at radius 1 is 1.07 bits per heavy atom. The number of aromatic nitrogens is 1. The summed E-state index contributed by atoms with van der Waals surface area (Å²) in [5, 5.41) is 0.983. The van der Waals surface area contributed by atoms with Crippen LogP contribution < -0.4 is 4.72 Å². The van der Waals surface area contributed by atoms with Crippen LogP contribution in [-0.4, -0.2) is 38.3 Å². The van der Waals surface area contributed by atoms with Crippen molar-refractivity contribution in [1.29, 1.82) is 0 Å². The van der Waals surface area contributed by atoms with Crippen LogP contribution in [0.4, 0.5) is 0 Å². The van der Waals surface area contributed by atoms with Crippen LogP contribution in [-0.2, 0) is 19.6 Å². The molecule has 0 saturated heterocycles. The molecule has 146 valence electrons. The van der Waals surface area contributed by atoms with Crippen molar-refractivity contribution in [3.05, 3.63) is 64.3 Å². The Labute approximate surface area is 170 Å². The fourth-order valence-corrected chi connectivity index (χ4v) is 3.82. The maximum atomic E-state index is 12.3. The molecular weight excluding hydrogens is 427 g/mol. The van der Waals surface area contributed by atoms with Gasteiger partial charge in [0.2, 0.25) is 15.8 Å². The lowest BCUT2D eigenvalue weighted by molar-refractivity contribution is -0.141. The van der Waals surface area contributed by atoms with E-state index in [1.54, 1.807) is 12.1 Å². The molecule has 1 aromatic heterocycles. The van der Waals surface area contributed by atoms with Crippen LogP contribution in [0, 0.1) is 0 Å². The molecule has 3 aromatic rings. The molecule has 2 N–H and O–H groups in total. The number of ether oxygens (including phenoxy) is 1. The topological polar surface area (TPSA) is 105 Å². The quantitative estimate of drug-likeness (QED) is 0.433. The van der Waals surface area contributed by atoms with E-state index in [1.165, 1.54) is 18.3 Å². The van der Waals surface area contributed by atoms with E-state index in [2.05, 4.69) is 9.71 Å². The summed E-state index contributed by atoms with van der Waals surface area (Å²) in [6, 6.07) is 10.9. The van der Waals surface area contributed by atoms with Crippen molar-refractivity contribution >= 4 is 55.9 Å². The SMILES string of the molecule is O=C(CNS(=O)(=O)c1ccc(Cl)c(Cl)c1)OCC(=O)c1c[nH]c2ccccc12. The highest BCUT2D eigenvalue weighted by molar-refractivity contribution is 7.89. The van der Waals surface area contributed by atoms with Gasteiger partial charge in [0.25, 0.3) is 0 Å². The molecule has 0 amide bonds. The standard InChI is InChI=1S/C18H14Cl2N2O5S/c19-14-6-5-11(7-15(14)20)28(25,26)22-9-18(24)27-10-17(23)13-8-21-16-4-2-1-3-12(13)16/h1-8,21-22H,9-10H2. The monoisotopic (exact) mass is 440 g/mol. The van der Waals surface area contributed by atoms with Crippen LogP contribution in [0.25, 0.3) is 10.9 Å². The number of para-hydroxylation sites is 1. The summed E-state index contributed by atoms with van der Waals surface area (Å²) in [5.74, 6) is -1.30. The molecule has 0 aliphatic heterocycles. The fraction of sp³-hybridized carbons (Fsp3) is 0.111. The lowest BCUT2D eigenvalue weighted by Gasteiger charge is -2.08. The first-order chi connectivity index (χ1) is 13.3. The number of benzene rings is 2. The Morgan fingerprint density at radius 2 is 1.82 bits per heavy atom. The summed E-state index contributed by atoms with van der Waals surface area (Å²) < 4.78 is 31.3. The second-order valence-corrected chi connectivity index (χ2v) is 8.31. The zero-order chi connectivity index (χ0) is 20.3. The van der Waals surface area contributed by atoms with Gasteiger partial charge < -0.3 is 9.72 Å². The molecule has 0 aliphatic carbocycles. The van der Waals surface area contributed by atoms with Gasteiger partial charge >= 0.3 is 5.97 Å². The fourth-order valence-electron chi connectivity index (χ4n) is 2.46. The first-order valence-electron chi connectivity index (χ1n) is 7.97. The van der Waals surface area contributed by atoms with Crippen LogP contribution in [0.5, 0.6) is 0 Å². The number of sulfonamides is 1. The summed E-state index contributed by atoms with van der Waals surface area (Å²) in [6.45, 7) is -1.14. The highest BCUT2D eigenvalue weighted by Crippen LogP contribution is 2.24. The number of carbonyl (C=O) groups is 2. The predicted molar refractivity (Wildman–Crippen MR) is 105 cm³/mol. The van der Waals surface area contributed by atoms with Gasteiger partial charge in [-0.3, -0.25) is 9.59 Å². The van der Waals surface area contributed by atoms with Crippen LogP contribution in [0.1, 0.15) is 10.4 Å². The molecule has 0 radical (unpaired) electrons. The van der Waals surface area contributed by atoms with Gasteiger partial charge in [0.1, 0.15) is 6.54 Å². The predicted octanol–water partition coefficient (Wildman–Crippen LogP) is 3.18. The summed E-state index contributed by atoms with van der Waals surface area (Å²) in [7, 11) is -3.99. The van der Waals surface area contributed by atoms with Crippen molar-refractivity contribution in [1.82, 2.24) is 9.71 Å². The third-order valence-corrected chi connectivity index (χ3v) is 6.00. The van der Waals surface area contributed by atoms with Gasteiger partial charge in [0.15, 0.2) is 6.61 Å². The zero-order valence-electron chi connectivity index (χ0n) is 14.2. The van der Waals surface area contributed by atoms with Crippen LogP contribution in [0.15, 0.2) is 53.6 Å². The zero-order valence-corrected chi connectivity index (χ0v) is 16.6. The normalized spacial score (nSPS) is 11.5. The molecule has 0 aliphatic rings. The molecule has 3 rings (SSSR count). The van der Waals surface area contributed by atoms with Crippen molar-refractivity contribution in [2.75, 3.05) is 13.2 Å². The van der Waals surface area contributed by atoms with E-state index < -0.39 is 34.9 Å². The maximum Gasteiger partial charge on any atom is 0.321 e. The smallest absolute Gasteiger partial charge is 0.321 e. The van der Waals surface area contributed by atoms with E-state index in [-0.39, 0.29) is 14.9 Å². The van der Waals surface area contributed by atoms with Gasteiger partial charge in [-0.15, -0.1) is 0 Å². The summed E-state index contributed by atoms with van der Waals surface area (Å²) in [5.41, 5.74) is 1.17. The van der Waals surface area contributed by atoms with E-state index in [0.717, 1.165) is 11.6 Å². The van der Waals surface area contributed by atoms with E-state index >= 15 is 0 Å². The number of halogens is 2. The number of fused-ring (bicyclic) bond motifs is 1. The lowest BCUT2D eigenvalue weighted by atomic mass is 10.1. The third-order valence-electron chi connectivity index (χ3n) is 3.86. The number of esters is 1. The first kappa shape index (κ1) is 20.3. The van der Waals surface area contributed by atoms with Gasteiger partial charge in [-0.05, 0) is 24.3 Å². The van der Waals surface area contributed by atoms with Crippen LogP contribution in [0.2, 0.25) is 10.0 Å². The van der Waals surface area contributed by atoms with E-state index in [0.29, 0.717) is 10.9 Å². The molecule has 10 heteroatoms. The molecule has 2 aromatic carbocycles. The Bertz CT molecular complexity index is 1160. The van der Waals surface area contributed by atoms with E-state index in [1.807, 2.05) is 12.1 Å². The van der Waals surface area contributed by atoms with Crippen molar-refractivity contribution in [2.24, 2.45) is 0 Å². The van der Waals surface area contributed by atoms with Gasteiger partial charge in [0.05, 0.1) is 14.9 Å². The van der Waals surface area contributed by atoms with Crippen molar-refractivity contribution in [2.45, 2.75) is 4.90 Å². The van der Waals surface area contributed by atoms with Crippen molar-refractivity contribution in [3.8, 4) is 0 Å². The number of hydrogen-bond donors (Lipinski definition) is 2. The number of Topliss-reactive ketones (excluding diaryl/α,β-unsaturated/α-hetero) is 1. The Hall–Kier alpha value is -2.39. The van der Waals surface area contributed by atoms with Gasteiger partial charge in [-0.2, -0.15) is 4.72 Å². The first-order valence-corrected chi connectivity index (χ1v) is 10.2. The largest absolute Gasteiger partial charge is 0.456 e. The number of aromatic amines is 1. The molecular formula is C18H14Cl2N2O5S. The molecule has 0 fully saturated rings. The van der Waals surface area contributed by atoms with Crippen molar-refractivity contribution < 1.29 is 22.7 Å². The molecule has 7 nitrogen and oxygen atoms in total. The van der Waals surface area contributed by atoms with Gasteiger partial charge in [-0.25, -0.2) is 8.42 Å². The molecule has 0 spiro atoms. The van der Waals surface area contributed by atoms with E-state index in [4.69, 9.17) is 27.9 Å². The lowest BCUT2D eigenvalue weighted by Crippen LogP contribution is -2.31. The Morgan fingerprint density at radius 3 is 2.57 bits per heavy atom. The average molecular weight is 441 g/mol. The number of ketones is 1. The van der Waals surface area contributed by atoms with E-state index in [9.17, 15) is 18.0 Å². The second kappa shape index (κ2) is 8.32. The molecule has 1 heterocycles. The minimum absolute atomic E-state index is 0.0662. The minimum atomic E-state index is -3.99. The molecule has 28 heavy (non-hydrogen) atoms. The summed E-state index contributed by atoms with van der Waals surface area (Å²) in [4.78, 5) is 26.9. The number of carbonyl (C=O) groups excluding carboxylic acids is 2. The van der Waals surface area contributed by atoms with Crippen molar-refractivity contribution in [3.63, 3.8) is 0 Å². The minimum Gasteiger partial charge on any atom is -0.456 e. The second-order valence-electron chi connectivity index (χ2n) is 5.73. The number of rotatable bonds is 7. The van der Waals surface area contributed by atoms with Gasteiger partial charge in [-0.1, -0.05) is 41.4 Å². The summed E-state index contributed by atoms with van der Waals surface area (Å²) in [6.07, 6.45) is 1.54. The number of hydrogen-bond acceptors (Lipinski definition) is 5.